The van der Waals surface area contributed by atoms with Crippen molar-refractivity contribution in [2.45, 2.75) is 0 Å². The van der Waals surface area contributed by atoms with E-state index in [0.717, 1.165) is 0 Å². The predicted octanol–water partition coefficient (Wildman–Crippen LogP) is 2.99. The topological polar surface area (TPSA) is 78.5 Å². The Morgan fingerprint density at radius 3 is 1.29 bits per heavy atom. The van der Waals surface area contributed by atoms with Gasteiger partial charge in [0.25, 0.3) is 17.7 Å². The molecule has 0 fully saturated rings. The number of carbonyl (C=O) groups is 3. The van der Waals surface area contributed by atoms with E-state index in [0.29, 0.717) is 42.9 Å². The Balaban J connectivity index is 1.57. The van der Waals surface area contributed by atoms with Crippen molar-refractivity contribution >= 4 is 17.7 Å². The molecule has 3 rings (SSSR count). The van der Waals surface area contributed by atoms with E-state index in [4.69, 9.17) is 0 Å². The van der Waals surface area contributed by atoms with Gasteiger partial charge in [-0.15, -0.1) is 0 Å². The maximum Gasteiger partial charge on any atom is 0.253 e. The van der Waals surface area contributed by atoms with Gasteiger partial charge in [0.1, 0.15) is 0 Å². The molecular weight excluding hydrogens is 390 g/mol. The first-order chi connectivity index (χ1) is 15.1. The lowest BCUT2D eigenvalue weighted by atomic mass is 10.2. The molecule has 0 heterocycles. The molecule has 0 aliphatic heterocycles. The van der Waals surface area contributed by atoms with Crippen molar-refractivity contribution in [2.75, 3.05) is 26.2 Å². The number of rotatable bonds is 9. The van der Waals surface area contributed by atoms with Crippen LogP contribution in [0.5, 0.6) is 0 Å². The van der Waals surface area contributed by atoms with Crippen LogP contribution in [0.1, 0.15) is 31.1 Å². The predicted molar refractivity (Wildman–Crippen MR) is 120 cm³/mol. The molecular formula is C25H25N3O3. The SMILES string of the molecule is O=C(NCCN(CCNC(=O)c1ccccc1)C(=O)c1ccccc1)c1ccccc1. The van der Waals surface area contributed by atoms with Gasteiger partial charge in [-0.05, 0) is 36.4 Å². The Morgan fingerprint density at radius 1 is 0.548 bits per heavy atom. The summed E-state index contributed by atoms with van der Waals surface area (Å²) in [5, 5.41) is 5.68. The van der Waals surface area contributed by atoms with Crippen LogP contribution < -0.4 is 10.6 Å². The fourth-order valence-electron chi connectivity index (χ4n) is 3.07. The summed E-state index contributed by atoms with van der Waals surface area (Å²) in [6.07, 6.45) is 0. The summed E-state index contributed by atoms with van der Waals surface area (Å²) in [4.78, 5) is 39.1. The monoisotopic (exact) mass is 415 g/mol. The lowest BCUT2D eigenvalue weighted by molar-refractivity contribution is 0.0743. The van der Waals surface area contributed by atoms with Gasteiger partial charge in [-0.3, -0.25) is 14.4 Å². The van der Waals surface area contributed by atoms with Crippen molar-refractivity contribution in [2.24, 2.45) is 0 Å². The molecule has 3 aromatic rings. The van der Waals surface area contributed by atoms with Crippen LogP contribution in [-0.2, 0) is 0 Å². The zero-order chi connectivity index (χ0) is 21.9. The average Bonchev–Trinajstić information content (AvgIpc) is 2.84. The highest BCUT2D eigenvalue weighted by atomic mass is 16.2. The van der Waals surface area contributed by atoms with Gasteiger partial charge in [0.15, 0.2) is 0 Å². The first-order valence-corrected chi connectivity index (χ1v) is 10.2. The van der Waals surface area contributed by atoms with Crippen molar-refractivity contribution in [3.05, 3.63) is 108 Å². The van der Waals surface area contributed by atoms with E-state index < -0.39 is 0 Å². The Hall–Kier alpha value is -3.93. The second-order valence-corrected chi connectivity index (χ2v) is 6.90. The Morgan fingerprint density at radius 2 is 0.903 bits per heavy atom. The first kappa shape index (κ1) is 21.8. The smallest absolute Gasteiger partial charge is 0.253 e. The summed E-state index contributed by atoms with van der Waals surface area (Å²) < 4.78 is 0. The van der Waals surface area contributed by atoms with Gasteiger partial charge in [0.2, 0.25) is 0 Å². The van der Waals surface area contributed by atoms with Crippen LogP contribution >= 0.6 is 0 Å². The summed E-state index contributed by atoms with van der Waals surface area (Å²) in [7, 11) is 0. The normalized spacial score (nSPS) is 10.2. The molecule has 0 aromatic heterocycles. The van der Waals surface area contributed by atoms with Crippen LogP contribution in [0.4, 0.5) is 0 Å². The highest BCUT2D eigenvalue weighted by Crippen LogP contribution is 2.05. The van der Waals surface area contributed by atoms with Crippen molar-refractivity contribution in [1.29, 1.82) is 0 Å². The van der Waals surface area contributed by atoms with Crippen LogP contribution in [0.25, 0.3) is 0 Å². The molecule has 0 aliphatic rings. The number of benzene rings is 3. The number of nitrogens with one attached hydrogen (secondary N) is 2. The minimum atomic E-state index is -0.190. The van der Waals surface area contributed by atoms with Crippen molar-refractivity contribution in [3.8, 4) is 0 Å². The Kier molecular flexibility index (Phi) is 7.94. The molecule has 0 spiro atoms. The number of carbonyl (C=O) groups excluding carboxylic acids is 3. The van der Waals surface area contributed by atoms with Crippen LogP contribution in [-0.4, -0.2) is 48.8 Å². The Bertz CT molecular complexity index is 935. The minimum Gasteiger partial charge on any atom is -0.350 e. The highest BCUT2D eigenvalue weighted by molar-refractivity contribution is 5.95. The van der Waals surface area contributed by atoms with Crippen LogP contribution in [0.15, 0.2) is 91.0 Å². The molecule has 3 aromatic carbocycles. The molecule has 6 heteroatoms. The summed E-state index contributed by atoms with van der Waals surface area (Å²) >= 11 is 0. The van der Waals surface area contributed by atoms with E-state index in [1.54, 1.807) is 77.7 Å². The number of amides is 3. The first-order valence-electron chi connectivity index (χ1n) is 10.2. The molecule has 0 saturated heterocycles. The van der Waals surface area contributed by atoms with Gasteiger partial charge < -0.3 is 15.5 Å². The largest absolute Gasteiger partial charge is 0.350 e. The lowest BCUT2D eigenvalue weighted by Crippen LogP contribution is -2.42. The summed E-state index contributed by atoms with van der Waals surface area (Å²) in [6.45, 7) is 1.26. The highest BCUT2D eigenvalue weighted by Gasteiger charge is 2.16. The van der Waals surface area contributed by atoms with E-state index in [1.165, 1.54) is 0 Å². The third-order valence-corrected chi connectivity index (χ3v) is 4.71. The molecule has 0 bridgehead atoms. The average molecular weight is 415 g/mol. The van der Waals surface area contributed by atoms with Crippen molar-refractivity contribution in [1.82, 2.24) is 15.5 Å². The molecule has 3 amide bonds. The molecule has 0 unspecified atom stereocenters. The van der Waals surface area contributed by atoms with Gasteiger partial charge in [0.05, 0.1) is 0 Å². The second-order valence-electron chi connectivity index (χ2n) is 6.90. The standard InChI is InChI=1S/C25H25N3O3/c29-23(20-10-4-1-5-11-20)26-16-18-28(25(31)22-14-8-3-9-15-22)19-17-27-24(30)21-12-6-2-7-13-21/h1-15H,16-19H2,(H,26,29)(H,27,30). The quantitative estimate of drug-likeness (QED) is 0.564. The maximum atomic E-state index is 12.9. The van der Waals surface area contributed by atoms with E-state index in [-0.39, 0.29) is 17.7 Å². The van der Waals surface area contributed by atoms with Gasteiger partial charge in [-0.25, -0.2) is 0 Å². The molecule has 0 radical (unpaired) electrons. The number of nitrogens with zero attached hydrogens (tertiary/aromatic N) is 1. The van der Waals surface area contributed by atoms with E-state index in [2.05, 4.69) is 10.6 Å². The van der Waals surface area contributed by atoms with Gasteiger partial charge in [-0.1, -0.05) is 54.6 Å². The maximum absolute atomic E-state index is 12.9. The van der Waals surface area contributed by atoms with Crippen LogP contribution in [0, 0.1) is 0 Å². The minimum absolute atomic E-state index is 0.150. The summed E-state index contributed by atoms with van der Waals surface area (Å²) in [5.41, 5.74) is 1.70. The third-order valence-electron chi connectivity index (χ3n) is 4.71. The van der Waals surface area contributed by atoms with Crippen LogP contribution in [0.2, 0.25) is 0 Å². The van der Waals surface area contributed by atoms with Gasteiger partial charge in [0, 0.05) is 42.9 Å². The van der Waals surface area contributed by atoms with Crippen molar-refractivity contribution < 1.29 is 14.4 Å². The fraction of sp³-hybridized carbons (Fsp3) is 0.160. The molecule has 0 aliphatic carbocycles. The molecule has 6 nitrogen and oxygen atoms in total. The Labute approximate surface area is 181 Å². The molecule has 0 atom stereocenters. The molecule has 0 saturated carbocycles. The summed E-state index contributed by atoms with van der Waals surface area (Å²) in [6, 6.07) is 26.8. The van der Waals surface area contributed by atoms with E-state index in [1.807, 2.05) is 18.2 Å². The third kappa shape index (κ3) is 6.54. The van der Waals surface area contributed by atoms with Gasteiger partial charge >= 0.3 is 0 Å². The van der Waals surface area contributed by atoms with Crippen molar-refractivity contribution in [3.63, 3.8) is 0 Å². The zero-order valence-corrected chi connectivity index (χ0v) is 17.2. The van der Waals surface area contributed by atoms with Crippen LogP contribution in [0.3, 0.4) is 0 Å². The number of hydrogen-bond acceptors (Lipinski definition) is 3. The lowest BCUT2D eigenvalue weighted by Gasteiger charge is -2.23. The number of hydrogen-bond donors (Lipinski definition) is 2. The molecule has 2 N–H and O–H groups in total. The van der Waals surface area contributed by atoms with Gasteiger partial charge in [-0.2, -0.15) is 0 Å². The zero-order valence-electron chi connectivity index (χ0n) is 17.2. The van der Waals surface area contributed by atoms with E-state index in [9.17, 15) is 14.4 Å². The molecule has 31 heavy (non-hydrogen) atoms. The second kappa shape index (κ2) is 11.3. The van der Waals surface area contributed by atoms with E-state index >= 15 is 0 Å². The molecule has 158 valence electrons. The fourth-order valence-corrected chi connectivity index (χ4v) is 3.07. The summed E-state index contributed by atoms with van der Waals surface area (Å²) in [5.74, 6) is -0.529.